The maximum Gasteiger partial charge on any atom is 0.303 e. The SMILES string of the molecule is Cc1cc(CN2CCCC(CCC(=O)O)C2)on1. The summed E-state index contributed by atoms with van der Waals surface area (Å²) in [7, 11) is 0. The summed E-state index contributed by atoms with van der Waals surface area (Å²) in [6, 6.07) is 1.96. The first-order valence-electron chi connectivity index (χ1n) is 6.50. The molecular formula is C13H20N2O3. The van der Waals surface area contributed by atoms with E-state index in [9.17, 15) is 4.79 Å². The number of hydrogen-bond donors (Lipinski definition) is 1. The first kappa shape index (κ1) is 13.1. The van der Waals surface area contributed by atoms with Gasteiger partial charge >= 0.3 is 5.97 Å². The summed E-state index contributed by atoms with van der Waals surface area (Å²) < 4.78 is 5.21. The number of aryl methyl sites for hydroxylation is 1. The molecular weight excluding hydrogens is 232 g/mol. The molecule has 100 valence electrons. The predicted molar refractivity (Wildman–Crippen MR) is 66.1 cm³/mol. The van der Waals surface area contributed by atoms with Gasteiger partial charge in [-0.05, 0) is 38.6 Å². The van der Waals surface area contributed by atoms with E-state index >= 15 is 0 Å². The zero-order valence-corrected chi connectivity index (χ0v) is 10.8. The molecule has 1 saturated heterocycles. The largest absolute Gasteiger partial charge is 0.481 e. The second-order valence-corrected chi connectivity index (χ2v) is 5.11. The lowest BCUT2D eigenvalue weighted by Crippen LogP contribution is -2.35. The third kappa shape index (κ3) is 3.84. The van der Waals surface area contributed by atoms with Gasteiger partial charge in [0.05, 0.1) is 12.2 Å². The Balaban J connectivity index is 1.81. The van der Waals surface area contributed by atoms with Crippen LogP contribution >= 0.6 is 0 Å². The van der Waals surface area contributed by atoms with Gasteiger partial charge in [-0.3, -0.25) is 9.69 Å². The van der Waals surface area contributed by atoms with E-state index in [1.54, 1.807) is 0 Å². The molecule has 0 amide bonds. The number of rotatable bonds is 5. The van der Waals surface area contributed by atoms with E-state index in [0.29, 0.717) is 5.92 Å². The highest BCUT2D eigenvalue weighted by atomic mass is 16.5. The Morgan fingerprint density at radius 1 is 1.67 bits per heavy atom. The minimum atomic E-state index is -0.696. The van der Waals surface area contributed by atoms with Crippen molar-refractivity contribution in [1.29, 1.82) is 0 Å². The molecule has 0 saturated carbocycles. The molecule has 1 atom stereocenters. The molecule has 0 bridgehead atoms. The van der Waals surface area contributed by atoms with E-state index in [2.05, 4.69) is 10.1 Å². The fraction of sp³-hybridized carbons (Fsp3) is 0.692. The van der Waals surface area contributed by atoms with Gasteiger partial charge in [0, 0.05) is 19.0 Å². The van der Waals surface area contributed by atoms with Crippen LogP contribution in [0.3, 0.4) is 0 Å². The number of hydrogen-bond acceptors (Lipinski definition) is 4. The molecule has 1 N–H and O–H groups in total. The molecule has 2 rings (SSSR count). The third-order valence-electron chi connectivity index (χ3n) is 3.43. The second kappa shape index (κ2) is 6.00. The summed E-state index contributed by atoms with van der Waals surface area (Å²) in [5.74, 6) is 0.697. The molecule has 5 heteroatoms. The molecule has 1 unspecified atom stereocenters. The molecule has 18 heavy (non-hydrogen) atoms. The highest BCUT2D eigenvalue weighted by molar-refractivity contribution is 5.66. The van der Waals surface area contributed by atoms with Gasteiger partial charge in [0.2, 0.25) is 0 Å². The fourth-order valence-corrected chi connectivity index (χ4v) is 2.57. The number of aromatic nitrogens is 1. The zero-order valence-electron chi connectivity index (χ0n) is 10.8. The van der Waals surface area contributed by atoms with Crippen molar-refractivity contribution in [1.82, 2.24) is 10.1 Å². The molecule has 5 nitrogen and oxygen atoms in total. The standard InChI is InChI=1S/C13H20N2O3/c1-10-7-12(18-14-10)9-15-6-2-3-11(8-15)4-5-13(16)17/h7,11H,2-6,8-9H2,1H3,(H,16,17). The van der Waals surface area contributed by atoms with Crippen LogP contribution in [0, 0.1) is 12.8 Å². The fourth-order valence-electron chi connectivity index (χ4n) is 2.57. The highest BCUT2D eigenvalue weighted by Crippen LogP contribution is 2.22. The second-order valence-electron chi connectivity index (χ2n) is 5.11. The van der Waals surface area contributed by atoms with Crippen LogP contribution in [0.15, 0.2) is 10.6 Å². The van der Waals surface area contributed by atoms with E-state index in [1.165, 1.54) is 0 Å². The number of likely N-dealkylation sites (tertiary alicyclic amines) is 1. The number of carboxylic acids is 1. The van der Waals surface area contributed by atoms with Crippen LogP contribution in [0.4, 0.5) is 0 Å². The van der Waals surface area contributed by atoms with E-state index < -0.39 is 5.97 Å². The maximum absolute atomic E-state index is 10.6. The minimum absolute atomic E-state index is 0.278. The van der Waals surface area contributed by atoms with E-state index in [4.69, 9.17) is 9.63 Å². The molecule has 1 aromatic heterocycles. The summed E-state index contributed by atoms with van der Waals surface area (Å²) >= 11 is 0. The van der Waals surface area contributed by atoms with Gasteiger partial charge in [-0.15, -0.1) is 0 Å². The van der Waals surface area contributed by atoms with E-state index in [1.807, 2.05) is 13.0 Å². The van der Waals surface area contributed by atoms with Gasteiger partial charge in [0.25, 0.3) is 0 Å². The third-order valence-corrected chi connectivity index (χ3v) is 3.43. The lowest BCUT2D eigenvalue weighted by molar-refractivity contribution is -0.137. The Bertz CT molecular complexity index is 403. The smallest absolute Gasteiger partial charge is 0.303 e. The molecule has 2 heterocycles. The van der Waals surface area contributed by atoms with Gasteiger partial charge < -0.3 is 9.63 Å². The summed E-state index contributed by atoms with van der Waals surface area (Å²) in [5.41, 5.74) is 0.907. The van der Waals surface area contributed by atoms with Crippen LogP contribution in [-0.2, 0) is 11.3 Å². The number of piperidine rings is 1. The van der Waals surface area contributed by atoms with E-state index in [-0.39, 0.29) is 6.42 Å². The quantitative estimate of drug-likeness (QED) is 0.868. The Labute approximate surface area is 107 Å². The first-order chi connectivity index (χ1) is 8.63. The van der Waals surface area contributed by atoms with Crippen LogP contribution in [0.2, 0.25) is 0 Å². The summed E-state index contributed by atoms with van der Waals surface area (Å²) in [6.07, 6.45) is 3.33. The number of carbonyl (C=O) groups is 1. The van der Waals surface area contributed by atoms with Gasteiger partial charge in [-0.2, -0.15) is 0 Å². The van der Waals surface area contributed by atoms with Gasteiger partial charge in [0.1, 0.15) is 0 Å². The first-order valence-corrected chi connectivity index (χ1v) is 6.50. The Morgan fingerprint density at radius 2 is 2.50 bits per heavy atom. The normalized spacial score (nSPS) is 21.1. The van der Waals surface area contributed by atoms with Crippen molar-refractivity contribution >= 4 is 5.97 Å². The molecule has 0 spiro atoms. The van der Waals surface area contributed by atoms with Crippen LogP contribution in [0.25, 0.3) is 0 Å². The van der Waals surface area contributed by atoms with Crippen molar-refractivity contribution < 1.29 is 14.4 Å². The molecule has 1 aliphatic heterocycles. The van der Waals surface area contributed by atoms with Gasteiger partial charge in [0.15, 0.2) is 5.76 Å². The minimum Gasteiger partial charge on any atom is -0.481 e. The monoisotopic (exact) mass is 252 g/mol. The topological polar surface area (TPSA) is 66.6 Å². The number of nitrogens with zero attached hydrogens (tertiary/aromatic N) is 2. The highest BCUT2D eigenvalue weighted by Gasteiger charge is 2.21. The Morgan fingerprint density at radius 3 is 3.17 bits per heavy atom. The van der Waals surface area contributed by atoms with Crippen LogP contribution < -0.4 is 0 Å². The van der Waals surface area contributed by atoms with Crippen molar-refractivity contribution in [3.63, 3.8) is 0 Å². The molecule has 0 aliphatic carbocycles. The predicted octanol–water partition coefficient (Wildman–Crippen LogP) is 2.06. The van der Waals surface area contributed by atoms with Crippen LogP contribution in [-0.4, -0.2) is 34.2 Å². The maximum atomic E-state index is 10.6. The lowest BCUT2D eigenvalue weighted by Gasteiger charge is -2.31. The molecule has 0 radical (unpaired) electrons. The lowest BCUT2D eigenvalue weighted by atomic mass is 9.93. The van der Waals surface area contributed by atoms with Crippen molar-refractivity contribution in [3.8, 4) is 0 Å². The molecule has 1 aromatic rings. The van der Waals surface area contributed by atoms with Gasteiger partial charge in [-0.1, -0.05) is 5.16 Å². The van der Waals surface area contributed by atoms with Crippen LogP contribution in [0.1, 0.15) is 37.1 Å². The van der Waals surface area contributed by atoms with Crippen molar-refractivity contribution in [2.75, 3.05) is 13.1 Å². The van der Waals surface area contributed by atoms with Gasteiger partial charge in [-0.25, -0.2) is 0 Å². The summed E-state index contributed by atoms with van der Waals surface area (Å²) in [5, 5.41) is 12.6. The van der Waals surface area contributed by atoms with Crippen molar-refractivity contribution in [3.05, 3.63) is 17.5 Å². The molecule has 0 aromatic carbocycles. The molecule has 1 aliphatic rings. The number of aliphatic carboxylic acids is 1. The van der Waals surface area contributed by atoms with E-state index in [0.717, 1.165) is 50.4 Å². The summed E-state index contributed by atoms with van der Waals surface area (Å²) in [4.78, 5) is 12.9. The summed E-state index contributed by atoms with van der Waals surface area (Å²) in [6.45, 7) is 4.72. The van der Waals surface area contributed by atoms with Crippen LogP contribution in [0.5, 0.6) is 0 Å². The average molecular weight is 252 g/mol. The van der Waals surface area contributed by atoms with Crippen molar-refractivity contribution in [2.45, 2.75) is 39.2 Å². The molecule has 1 fully saturated rings. The average Bonchev–Trinajstić information content (AvgIpc) is 2.73. The zero-order chi connectivity index (χ0) is 13.0. The Hall–Kier alpha value is -1.36. The number of carboxylic acid groups (broad SMARTS) is 1. The Kier molecular flexibility index (Phi) is 4.36. The van der Waals surface area contributed by atoms with Crippen molar-refractivity contribution in [2.24, 2.45) is 5.92 Å².